The number of rotatable bonds is 8. The normalized spacial score (nSPS) is 12.9. The van der Waals surface area contributed by atoms with E-state index in [-0.39, 0.29) is 24.6 Å². The predicted molar refractivity (Wildman–Crippen MR) is 131 cm³/mol. The maximum absolute atomic E-state index is 12.3. The van der Waals surface area contributed by atoms with Crippen LogP contribution in [-0.2, 0) is 24.4 Å². The van der Waals surface area contributed by atoms with Gasteiger partial charge < -0.3 is 25.0 Å². The van der Waals surface area contributed by atoms with Crippen LogP contribution in [0.3, 0.4) is 0 Å². The van der Waals surface area contributed by atoms with Gasteiger partial charge in [0.1, 0.15) is 12.4 Å². The summed E-state index contributed by atoms with van der Waals surface area (Å²) in [4.78, 5) is 28.6. The highest BCUT2D eigenvalue weighted by Crippen LogP contribution is 2.36. The van der Waals surface area contributed by atoms with Gasteiger partial charge in [0.15, 0.2) is 0 Å². The van der Waals surface area contributed by atoms with Crippen molar-refractivity contribution < 1.29 is 19.4 Å². The van der Waals surface area contributed by atoms with Crippen molar-refractivity contribution in [1.29, 1.82) is 0 Å². The molecule has 1 heterocycles. The first-order valence-electron chi connectivity index (χ1n) is 11.4. The number of fused-ring (bicyclic) bond motifs is 1. The maximum Gasteiger partial charge on any atom is 0.407 e. The molecular formula is C26H34N4O4. The van der Waals surface area contributed by atoms with Gasteiger partial charge in [-0.25, -0.2) is 14.6 Å². The lowest BCUT2D eigenvalue weighted by molar-refractivity contribution is 0.0989. The summed E-state index contributed by atoms with van der Waals surface area (Å²) in [7, 11) is 0. The summed E-state index contributed by atoms with van der Waals surface area (Å²) in [5.41, 5.74) is 1.88. The SMILES string of the molecule is CC(C)(C)C(NC(=O)O)C(C)(C)Cn1c(CNC(=O)OCc2ccccc2)nc2ccccc21. The topological polar surface area (TPSA) is 105 Å². The number of ether oxygens (including phenoxy) is 1. The van der Waals surface area contributed by atoms with Gasteiger partial charge in [-0.15, -0.1) is 0 Å². The first-order chi connectivity index (χ1) is 16.0. The lowest BCUT2D eigenvalue weighted by Gasteiger charge is -2.43. The van der Waals surface area contributed by atoms with Crippen LogP contribution in [0.1, 0.15) is 46.0 Å². The van der Waals surface area contributed by atoms with E-state index in [0.29, 0.717) is 12.4 Å². The second-order valence-electron chi connectivity index (χ2n) is 10.3. The van der Waals surface area contributed by atoms with Crippen LogP contribution in [0.2, 0.25) is 0 Å². The molecule has 1 unspecified atom stereocenters. The molecule has 2 amide bonds. The van der Waals surface area contributed by atoms with Crippen molar-refractivity contribution in [2.75, 3.05) is 0 Å². The highest BCUT2D eigenvalue weighted by molar-refractivity contribution is 5.76. The molecule has 8 heteroatoms. The third-order valence-electron chi connectivity index (χ3n) is 5.82. The number of hydrogen-bond donors (Lipinski definition) is 3. The van der Waals surface area contributed by atoms with Crippen LogP contribution in [0.5, 0.6) is 0 Å². The lowest BCUT2D eigenvalue weighted by atomic mass is 9.70. The predicted octanol–water partition coefficient (Wildman–Crippen LogP) is 5.17. The number of amides is 2. The van der Waals surface area contributed by atoms with E-state index in [1.807, 2.05) is 89.2 Å². The fourth-order valence-corrected chi connectivity index (χ4v) is 4.57. The van der Waals surface area contributed by atoms with Crippen LogP contribution < -0.4 is 10.6 Å². The summed E-state index contributed by atoms with van der Waals surface area (Å²) >= 11 is 0. The molecule has 0 aliphatic rings. The Morgan fingerprint density at radius 3 is 2.32 bits per heavy atom. The number of alkyl carbamates (subject to hydrolysis) is 1. The molecular weight excluding hydrogens is 432 g/mol. The number of para-hydroxylation sites is 2. The van der Waals surface area contributed by atoms with Crippen LogP contribution in [0, 0.1) is 10.8 Å². The van der Waals surface area contributed by atoms with E-state index in [1.165, 1.54) is 0 Å². The lowest BCUT2D eigenvalue weighted by Crippen LogP contribution is -2.53. The van der Waals surface area contributed by atoms with Crippen molar-refractivity contribution in [3.8, 4) is 0 Å². The quantitative estimate of drug-likeness (QED) is 0.425. The number of aromatic nitrogens is 2. The molecule has 34 heavy (non-hydrogen) atoms. The van der Waals surface area contributed by atoms with Crippen LogP contribution >= 0.6 is 0 Å². The van der Waals surface area contributed by atoms with E-state index >= 15 is 0 Å². The minimum atomic E-state index is -1.05. The summed E-state index contributed by atoms with van der Waals surface area (Å²) in [6, 6.07) is 16.9. The number of imidazole rings is 1. The zero-order chi connectivity index (χ0) is 24.9. The van der Waals surface area contributed by atoms with Crippen LogP contribution in [0.4, 0.5) is 9.59 Å². The molecule has 182 valence electrons. The largest absolute Gasteiger partial charge is 0.465 e. The van der Waals surface area contributed by atoms with Crippen LogP contribution in [-0.4, -0.2) is 32.9 Å². The molecule has 3 rings (SSSR count). The Labute approximate surface area is 200 Å². The Morgan fingerprint density at radius 1 is 1.03 bits per heavy atom. The van der Waals surface area contributed by atoms with E-state index < -0.39 is 17.6 Å². The Balaban J connectivity index is 1.80. The second-order valence-corrected chi connectivity index (χ2v) is 10.3. The van der Waals surface area contributed by atoms with Gasteiger partial charge in [-0.3, -0.25) is 0 Å². The smallest absolute Gasteiger partial charge is 0.407 e. The van der Waals surface area contributed by atoms with Gasteiger partial charge in [0.2, 0.25) is 0 Å². The first-order valence-corrected chi connectivity index (χ1v) is 11.4. The second kappa shape index (κ2) is 10.2. The molecule has 0 aliphatic carbocycles. The highest BCUT2D eigenvalue weighted by Gasteiger charge is 2.40. The van der Waals surface area contributed by atoms with E-state index in [9.17, 15) is 14.7 Å². The van der Waals surface area contributed by atoms with Crippen molar-refractivity contribution in [2.45, 2.75) is 60.4 Å². The molecule has 1 aromatic heterocycles. The number of nitrogens with zero attached hydrogens (tertiary/aromatic N) is 2. The molecule has 0 saturated carbocycles. The fraction of sp³-hybridized carbons (Fsp3) is 0.423. The summed E-state index contributed by atoms with van der Waals surface area (Å²) in [5, 5.41) is 15.0. The fourth-order valence-electron chi connectivity index (χ4n) is 4.57. The molecule has 0 bridgehead atoms. The van der Waals surface area contributed by atoms with Gasteiger partial charge in [-0.05, 0) is 23.1 Å². The Hall–Kier alpha value is -3.55. The monoisotopic (exact) mass is 466 g/mol. The Bertz CT molecular complexity index is 1130. The average molecular weight is 467 g/mol. The van der Waals surface area contributed by atoms with E-state index in [0.717, 1.165) is 16.6 Å². The number of benzene rings is 2. The van der Waals surface area contributed by atoms with Crippen molar-refractivity contribution in [2.24, 2.45) is 10.8 Å². The number of carboxylic acid groups (broad SMARTS) is 1. The highest BCUT2D eigenvalue weighted by atomic mass is 16.5. The number of carbonyl (C=O) groups is 2. The van der Waals surface area contributed by atoms with Crippen LogP contribution in [0.25, 0.3) is 11.0 Å². The Kier molecular flexibility index (Phi) is 7.49. The van der Waals surface area contributed by atoms with Crippen molar-refractivity contribution in [3.05, 3.63) is 66.0 Å². The van der Waals surface area contributed by atoms with Gasteiger partial charge in [-0.1, -0.05) is 77.1 Å². The molecule has 0 fully saturated rings. The van der Waals surface area contributed by atoms with Gasteiger partial charge in [0.25, 0.3) is 0 Å². The minimum absolute atomic E-state index is 0.185. The average Bonchev–Trinajstić information content (AvgIpc) is 3.11. The third kappa shape index (κ3) is 6.27. The maximum atomic E-state index is 12.3. The molecule has 2 aromatic carbocycles. The number of nitrogens with one attached hydrogen (secondary N) is 2. The van der Waals surface area contributed by atoms with Gasteiger partial charge in [-0.2, -0.15) is 0 Å². The van der Waals surface area contributed by atoms with Crippen molar-refractivity contribution in [3.63, 3.8) is 0 Å². The van der Waals surface area contributed by atoms with Crippen molar-refractivity contribution in [1.82, 2.24) is 20.2 Å². The van der Waals surface area contributed by atoms with E-state index in [4.69, 9.17) is 9.72 Å². The molecule has 1 atom stereocenters. The number of carbonyl (C=O) groups excluding carboxylic acids is 1. The molecule has 0 saturated heterocycles. The van der Waals surface area contributed by atoms with Crippen molar-refractivity contribution >= 4 is 23.2 Å². The minimum Gasteiger partial charge on any atom is -0.465 e. The Morgan fingerprint density at radius 2 is 1.68 bits per heavy atom. The van der Waals surface area contributed by atoms with Gasteiger partial charge in [0, 0.05) is 18.0 Å². The first kappa shape index (κ1) is 25.1. The summed E-state index contributed by atoms with van der Waals surface area (Å²) < 4.78 is 7.38. The van der Waals surface area contributed by atoms with E-state index in [1.54, 1.807) is 0 Å². The molecule has 3 aromatic rings. The van der Waals surface area contributed by atoms with E-state index in [2.05, 4.69) is 15.2 Å². The molecule has 3 N–H and O–H groups in total. The third-order valence-corrected chi connectivity index (χ3v) is 5.82. The number of hydrogen-bond acceptors (Lipinski definition) is 4. The van der Waals surface area contributed by atoms with Gasteiger partial charge >= 0.3 is 12.2 Å². The zero-order valence-corrected chi connectivity index (χ0v) is 20.5. The standard InChI is InChI=1S/C26H34N4O4/c1-25(2,3)22(29-23(31)32)26(4,5)17-30-20-14-10-9-13-19(20)28-21(30)15-27-24(33)34-16-18-11-7-6-8-12-18/h6-14,22,29H,15-17H2,1-5H3,(H,27,33)(H,31,32). The molecule has 0 aliphatic heterocycles. The molecule has 0 radical (unpaired) electrons. The summed E-state index contributed by atoms with van der Waals surface area (Å²) in [5.74, 6) is 0.675. The zero-order valence-electron chi connectivity index (χ0n) is 20.5. The molecule has 8 nitrogen and oxygen atoms in total. The van der Waals surface area contributed by atoms with Crippen LogP contribution in [0.15, 0.2) is 54.6 Å². The van der Waals surface area contributed by atoms with Gasteiger partial charge in [0.05, 0.1) is 17.6 Å². The summed E-state index contributed by atoms with van der Waals surface area (Å²) in [6.07, 6.45) is -1.58. The molecule has 0 spiro atoms. The summed E-state index contributed by atoms with van der Waals surface area (Å²) in [6.45, 7) is 11.0.